The molecule has 2 aromatic rings. The third kappa shape index (κ3) is 3.03. The number of anilines is 1. The molecule has 0 saturated carbocycles. The van der Waals surface area contributed by atoms with Crippen molar-refractivity contribution in [1.29, 1.82) is 0 Å². The van der Waals surface area contributed by atoms with E-state index < -0.39 is 5.41 Å². The fraction of sp³-hybridized carbons (Fsp3) is 0.350. The molecule has 27 heavy (non-hydrogen) atoms. The number of fused-ring (bicyclic) bond motifs is 1. The Morgan fingerprint density at radius 3 is 2.70 bits per heavy atom. The predicted molar refractivity (Wildman–Crippen MR) is 96.8 cm³/mol. The maximum atomic E-state index is 13.4. The fourth-order valence-corrected chi connectivity index (χ4v) is 4.08. The zero-order chi connectivity index (χ0) is 19.0. The van der Waals surface area contributed by atoms with Crippen molar-refractivity contribution in [3.8, 4) is 5.88 Å². The lowest BCUT2D eigenvalue weighted by atomic mass is 9.77. The topological polar surface area (TPSA) is 71.5 Å². The van der Waals surface area contributed by atoms with Crippen LogP contribution in [-0.4, -0.2) is 41.4 Å². The highest BCUT2D eigenvalue weighted by Crippen LogP contribution is 2.43. The maximum Gasteiger partial charge on any atom is 0.236 e. The Hall–Kier alpha value is -2.96. The largest absolute Gasteiger partial charge is 0.481 e. The number of rotatable bonds is 4. The average Bonchev–Trinajstić information content (AvgIpc) is 3.23. The summed E-state index contributed by atoms with van der Waals surface area (Å²) in [7, 11) is 1.52. The molecule has 3 heterocycles. The number of hydrogen-bond acceptors (Lipinski definition) is 4. The number of hydrogen-bond donors (Lipinski definition) is 1. The van der Waals surface area contributed by atoms with Crippen LogP contribution in [0.4, 0.5) is 10.1 Å². The zero-order valence-electron chi connectivity index (χ0n) is 14.9. The number of methoxy groups -OCH3 is 1. The molecule has 0 bridgehead atoms. The highest BCUT2D eigenvalue weighted by atomic mass is 19.1. The summed E-state index contributed by atoms with van der Waals surface area (Å²) in [4.78, 5) is 31.4. The van der Waals surface area contributed by atoms with Crippen molar-refractivity contribution < 1.29 is 18.7 Å². The molecule has 4 rings (SSSR count). The van der Waals surface area contributed by atoms with Gasteiger partial charge in [0.2, 0.25) is 17.7 Å². The van der Waals surface area contributed by atoms with E-state index in [9.17, 15) is 14.0 Å². The molecule has 6 nitrogen and oxygen atoms in total. The molecule has 2 aliphatic heterocycles. The van der Waals surface area contributed by atoms with E-state index in [2.05, 4.69) is 10.3 Å². The summed E-state index contributed by atoms with van der Waals surface area (Å²) in [5.41, 5.74) is 0.347. The number of nitrogens with one attached hydrogen (secondary N) is 1. The van der Waals surface area contributed by atoms with E-state index in [1.165, 1.54) is 25.4 Å². The molecule has 0 radical (unpaired) electrons. The summed E-state index contributed by atoms with van der Waals surface area (Å²) in [5, 5.41) is 2.90. The van der Waals surface area contributed by atoms with E-state index in [0.717, 1.165) is 6.42 Å². The molecule has 2 saturated heterocycles. The maximum absolute atomic E-state index is 13.4. The van der Waals surface area contributed by atoms with Crippen LogP contribution in [0.5, 0.6) is 5.88 Å². The molecule has 2 fully saturated rings. The van der Waals surface area contributed by atoms with E-state index in [1.54, 1.807) is 29.2 Å². The Morgan fingerprint density at radius 1 is 1.30 bits per heavy atom. The lowest BCUT2D eigenvalue weighted by Crippen LogP contribution is -2.43. The van der Waals surface area contributed by atoms with E-state index in [0.29, 0.717) is 36.5 Å². The van der Waals surface area contributed by atoms with Gasteiger partial charge in [0, 0.05) is 25.1 Å². The molecular formula is C20H20FN3O3. The monoisotopic (exact) mass is 369 g/mol. The van der Waals surface area contributed by atoms with Gasteiger partial charge in [0.05, 0.1) is 24.4 Å². The minimum absolute atomic E-state index is 0.0438. The van der Waals surface area contributed by atoms with Gasteiger partial charge in [0.25, 0.3) is 0 Å². The lowest BCUT2D eigenvalue weighted by Gasteiger charge is -2.29. The molecule has 0 unspecified atom stereocenters. The molecule has 2 aliphatic rings. The Bertz CT molecular complexity index is 869. The number of carbonyl (C=O) groups is 2. The van der Waals surface area contributed by atoms with Gasteiger partial charge in [0.15, 0.2) is 0 Å². The van der Waals surface area contributed by atoms with Gasteiger partial charge in [-0.05, 0) is 36.6 Å². The molecule has 7 heteroatoms. The van der Waals surface area contributed by atoms with Gasteiger partial charge in [-0.1, -0.05) is 12.1 Å². The summed E-state index contributed by atoms with van der Waals surface area (Å²) >= 11 is 0. The zero-order valence-corrected chi connectivity index (χ0v) is 14.9. The second-order valence-electron chi connectivity index (χ2n) is 7.05. The smallest absolute Gasteiger partial charge is 0.236 e. The predicted octanol–water partition coefficient (Wildman–Crippen LogP) is 2.50. The normalized spacial score (nSPS) is 24.0. The molecule has 2 amide bonds. The van der Waals surface area contributed by atoms with Crippen molar-refractivity contribution in [3.63, 3.8) is 0 Å². The van der Waals surface area contributed by atoms with Gasteiger partial charge in [-0.25, -0.2) is 9.37 Å². The number of halogens is 1. The van der Waals surface area contributed by atoms with Gasteiger partial charge in [-0.2, -0.15) is 0 Å². The number of aromatic nitrogens is 1. The van der Waals surface area contributed by atoms with E-state index in [-0.39, 0.29) is 23.7 Å². The van der Waals surface area contributed by atoms with Crippen LogP contribution in [0.3, 0.4) is 0 Å². The van der Waals surface area contributed by atoms with Crippen molar-refractivity contribution >= 4 is 17.5 Å². The minimum atomic E-state index is -0.908. The first-order chi connectivity index (χ1) is 13.0. The second kappa shape index (κ2) is 6.64. The third-order valence-electron chi connectivity index (χ3n) is 5.51. The molecule has 1 N–H and O–H groups in total. The number of benzene rings is 1. The second-order valence-corrected chi connectivity index (χ2v) is 7.05. The molecular weight excluding hydrogens is 349 g/mol. The third-order valence-corrected chi connectivity index (χ3v) is 5.51. The van der Waals surface area contributed by atoms with Crippen molar-refractivity contribution in [1.82, 2.24) is 9.88 Å². The van der Waals surface area contributed by atoms with Crippen LogP contribution in [-0.2, 0) is 15.0 Å². The van der Waals surface area contributed by atoms with Crippen molar-refractivity contribution in [2.45, 2.75) is 30.7 Å². The lowest BCUT2D eigenvalue weighted by molar-refractivity contribution is -0.128. The van der Waals surface area contributed by atoms with Crippen LogP contribution in [0.2, 0.25) is 0 Å². The van der Waals surface area contributed by atoms with E-state index >= 15 is 0 Å². The van der Waals surface area contributed by atoms with Crippen molar-refractivity contribution in [2.24, 2.45) is 0 Å². The number of amides is 2. The first kappa shape index (κ1) is 17.5. The molecule has 0 aliphatic carbocycles. The minimum Gasteiger partial charge on any atom is -0.481 e. The first-order valence-electron chi connectivity index (χ1n) is 8.89. The van der Waals surface area contributed by atoms with Gasteiger partial charge < -0.3 is 15.0 Å². The Morgan fingerprint density at radius 2 is 2.07 bits per heavy atom. The Labute approximate surface area is 156 Å². The van der Waals surface area contributed by atoms with Crippen LogP contribution in [0.15, 0.2) is 42.6 Å². The Kier molecular flexibility index (Phi) is 4.30. The standard InChI is InChI=1S/C20H20FN3O3/c1-27-17-8-6-15(11-22-17)23-19(26)20(13-2-4-14(21)5-3-13)10-16-7-9-18(25)24(16)12-20/h2-6,8,11,16H,7,9-10,12H2,1H3,(H,23,26)/t16-,20-/m0/s1. The van der Waals surface area contributed by atoms with Crippen LogP contribution in [0, 0.1) is 5.82 Å². The molecule has 1 aromatic carbocycles. The summed E-state index contributed by atoms with van der Waals surface area (Å²) < 4.78 is 18.5. The quantitative estimate of drug-likeness (QED) is 0.899. The highest BCUT2D eigenvalue weighted by molar-refractivity contribution is 6.00. The number of carbonyl (C=O) groups excluding carboxylic acids is 2. The van der Waals surface area contributed by atoms with E-state index in [1.807, 2.05) is 0 Å². The van der Waals surface area contributed by atoms with Crippen LogP contribution >= 0.6 is 0 Å². The summed E-state index contributed by atoms with van der Waals surface area (Å²) in [6, 6.07) is 9.39. The number of pyridine rings is 1. The van der Waals surface area contributed by atoms with Gasteiger partial charge >= 0.3 is 0 Å². The highest BCUT2D eigenvalue weighted by Gasteiger charge is 2.53. The van der Waals surface area contributed by atoms with Crippen LogP contribution < -0.4 is 10.1 Å². The summed E-state index contributed by atoms with van der Waals surface area (Å²) in [6.45, 7) is 0.303. The fourth-order valence-electron chi connectivity index (χ4n) is 4.08. The first-order valence-corrected chi connectivity index (χ1v) is 8.89. The van der Waals surface area contributed by atoms with Crippen LogP contribution in [0.1, 0.15) is 24.8 Å². The summed E-state index contributed by atoms with van der Waals surface area (Å²) in [6.07, 6.45) is 3.32. The van der Waals surface area contributed by atoms with Crippen molar-refractivity contribution in [3.05, 3.63) is 54.0 Å². The molecule has 140 valence electrons. The van der Waals surface area contributed by atoms with E-state index in [4.69, 9.17) is 4.74 Å². The molecule has 2 atom stereocenters. The Balaban J connectivity index is 1.66. The molecule has 1 aromatic heterocycles. The average molecular weight is 369 g/mol. The molecule has 0 spiro atoms. The SMILES string of the molecule is COc1ccc(NC(=O)[C@@]2(c3ccc(F)cc3)C[C@@H]3CCC(=O)N3C2)cn1. The van der Waals surface area contributed by atoms with Crippen molar-refractivity contribution in [2.75, 3.05) is 19.0 Å². The number of nitrogens with zero attached hydrogens (tertiary/aromatic N) is 2. The van der Waals surface area contributed by atoms with Crippen LogP contribution in [0.25, 0.3) is 0 Å². The van der Waals surface area contributed by atoms with Gasteiger partial charge in [-0.15, -0.1) is 0 Å². The van der Waals surface area contributed by atoms with Gasteiger partial charge in [0.1, 0.15) is 5.82 Å². The summed E-state index contributed by atoms with van der Waals surface area (Å²) in [5.74, 6) is -0.0530. The number of ether oxygens (including phenoxy) is 1. The van der Waals surface area contributed by atoms with Gasteiger partial charge in [-0.3, -0.25) is 9.59 Å².